The van der Waals surface area contributed by atoms with Crippen molar-refractivity contribution in [2.45, 2.75) is 19.9 Å². The third-order valence-corrected chi connectivity index (χ3v) is 2.85. The van der Waals surface area contributed by atoms with Gasteiger partial charge in [0, 0.05) is 19.4 Å². The van der Waals surface area contributed by atoms with E-state index in [4.69, 9.17) is 11.5 Å². The van der Waals surface area contributed by atoms with Crippen molar-refractivity contribution in [2.75, 3.05) is 5.73 Å². The molecule has 2 rings (SSSR count). The maximum Gasteiger partial charge on any atom is 0.269 e. The van der Waals surface area contributed by atoms with E-state index in [1.54, 1.807) is 6.20 Å². The summed E-state index contributed by atoms with van der Waals surface area (Å²) < 4.78 is 3.37. The van der Waals surface area contributed by atoms with Crippen LogP contribution in [0.15, 0.2) is 12.4 Å². The lowest BCUT2D eigenvalue weighted by atomic mass is 10.2. The Labute approximate surface area is 104 Å². The average molecular weight is 248 g/mol. The molecule has 0 saturated carbocycles. The van der Waals surface area contributed by atoms with Crippen molar-refractivity contribution in [2.24, 2.45) is 12.8 Å². The molecule has 0 saturated heterocycles. The van der Waals surface area contributed by atoms with Gasteiger partial charge in [-0.25, -0.2) is 9.67 Å². The van der Waals surface area contributed by atoms with Crippen LogP contribution in [0.25, 0.3) is 0 Å². The molecule has 2 aromatic rings. The Morgan fingerprint density at radius 3 is 2.72 bits per heavy atom. The van der Waals surface area contributed by atoms with Gasteiger partial charge in [0.1, 0.15) is 18.1 Å². The van der Waals surface area contributed by atoms with Crippen LogP contribution in [0.2, 0.25) is 0 Å². The van der Waals surface area contributed by atoms with Crippen molar-refractivity contribution in [3.63, 3.8) is 0 Å². The van der Waals surface area contributed by atoms with Crippen LogP contribution in [0.5, 0.6) is 0 Å². The van der Waals surface area contributed by atoms with Gasteiger partial charge in [0.2, 0.25) is 0 Å². The van der Waals surface area contributed by atoms with E-state index in [1.165, 1.54) is 4.68 Å². The third kappa shape index (κ3) is 1.94. The van der Waals surface area contributed by atoms with E-state index in [0.717, 1.165) is 5.82 Å². The Bertz CT molecular complexity index is 582. The molecule has 18 heavy (non-hydrogen) atoms. The normalized spacial score (nSPS) is 10.8. The summed E-state index contributed by atoms with van der Waals surface area (Å²) in [4.78, 5) is 15.6. The molecule has 4 N–H and O–H groups in total. The van der Waals surface area contributed by atoms with Gasteiger partial charge in [0.15, 0.2) is 0 Å². The number of nitrogens with zero attached hydrogens (tertiary/aromatic N) is 4. The van der Waals surface area contributed by atoms with Gasteiger partial charge in [0.25, 0.3) is 5.91 Å². The first-order valence-corrected chi connectivity index (χ1v) is 5.65. The smallest absolute Gasteiger partial charge is 0.269 e. The third-order valence-electron chi connectivity index (χ3n) is 2.85. The number of rotatable bonds is 4. The van der Waals surface area contributed by atoms with Crippen molar-refractivity contribution in [1.82, 2.24) is 19.3 Å². The number of amides is 1. The summed E-state index contributed by atoms with van der Waals surface area (Å²) in [7, 11) is 1.87. The number of primary amides is 1. The number of imidazole rings is 1. The van der Waals surface area contributed by atoms with E-state index in [1.807, 2.05) is 24.7 Å². The van der Waals surface area contributed by atoms with E-state index in [0.29, 0.717) is 24.3 Å². The van der Waals surface area contributed by atoms with Gasteiger partial charge in [-0.05, 0) is 6.42 Å². The molecule has 2 aromatic heterocycles. The molecule has 1 amide bonds. The second-order valence-electron chi connectivity index (χ2n) is 4.04. The second-order valence-corrected chi connectivity index (χ2v) is 4.04. The van der Waals surface area contributed by atoms with Gasteiger partial charge in [-0.1, -0.05) is 6.92 Å². The van der Waals surface area contributed by atoms with E-state index >= 15 is 0 Å². The van der Waals surface area contributed by atoms with Gasteiger partial charge in [-0.3, -0.25) is 4.79 Å². The molecule has 0 fully saturated rings. The maximum absolute atomic E-state index is 11.4. The van der Waals surface area contributed by atoms with Gasteiger partial charge >= 0.3 is 0 Å². The molecule has 0 aliphatic carbocycles. The molecular formula is C11H16N6O. The van der Waals surface area contributed by atoms with E-state index in [-0.39, 0.29) is 5.69 Å². The highest BCUT2D eigenvalue weighted by atomic mass is 16.1. The van der Waals surface area contributed by atoms with E-state index < -0.39 is 5.91 Å². The Kier molecular flexibility index (Phi) is 3.05. The summed E-state index contributed by atoms with van der Waals surface area (Å²) in [5.41, 5.74) is 12.5. The quantitative estimate of drug-likeness (QED) is 0.788. The molecule has 96 valence electrons. The summed E-state index contributed by atoms with van der Waals surface area (Å²) in [5.74, 6) is 0.205. The number of hydrogen-bond acceptors (Lipinski definition) is 4. The fourth-order valence-corrected chi connectivity index (χ4v) is 1.84. The number of aryl methyl sites for hydroxylation is 2. The molecule has 7 heteroatoms. The lowest BCUT2D eigenvalue weighted by Gasteiger charge is -2.05. The number of carbonyl (C=O) groups excluding carboxylic acids is 1. The predicted molar refractivity (Wildman–Crippen MR) is 66.8 cm³/mol. The van der Waals surface area contributed by atoms with Crippen molar-refractivity contribution in [1.29, 1.82) is 0 Å². The van der Waals surface area contributed by atoms with Crippen molar-refractivity contribution in [3.05, 3.63) is 29.6 Å². The monoisotopic (exact) mass is 248 g/mol. The lowest BCUT2D eigenvalue weighted by Crippen LogP contribution is -2.20. The number of carbonyl (C=O) groups is 1. The molecule has 0 atom stereocenters. The van der Waals surface area contributed by atoms with Crippen LogP contribution in [0, 0.1) is 0 Å². The number of hydrogen-bond donors (Lipinski definition) is 2. The number of aromatic nitrogens is 4. The van der Waals surface area contributed by atoms with Crippen molar-refractivity contribution < 1.29 is 4.79 Å². The topological polar surface area (TPSA) is 105 Å². The van der Waals surface area contributed by atoms with Crippen LogP contribution in [0.3, 0.4) is 0 Å². The Balaban J connectivity index is 2.44. The Morgan fingerprint density at radius 1 is 1.50 bits per heavy atom. The molecule has 0 aromatic carbocycles. The van der Waals surface area contributed by atoms with Crippen LogP contribution in [0.1, 0.15) is 28.9 Å². The SMILES string of the molecule is CCc1nn(Cc2nccn2C)c(C(N)=O)c1N. The largest absolute Gasteiger partial charge is 0.395 e. The van der Waals surface area contributed by atoms with Crippen LogP contribution in [0.4, 0.5) is 5.69 Å². The minimum atomic E-state index is -0.575. The van der Waals surface area contributed by atoms with Crippen LogP contribution in [-0.2, 0) is 20.0 Å². The van der Waals surface area contributed by atoms with Gasteiger partial charge in [0.05, 0.1) is 11.4 Å². The Morgan fingerprint density at radius 2 is 2.22 bits per heavy atom. The zero-order valence-electron chi connectivity index (χ0n) is 10.4. The molecular weight excluding hydrogens is 232 g/mol. The molecule has 0 unspecified atom stereocenters. The molecule has 0 aliphatic heterocycles. The predicted octanol–water partition coefficient (Wildman–Crippen LogP) is -0.0916. The molecule has 0 bridgehead atoms. The first kappa shape index (κ1) is 12.2. The van der Waals surface area contributed by atoms with Gasteiger partial charge in [-0.2, -0.15) is 5.10 Å². The highest BCUT2D eigenvalue weighted by Gasteiger charge is 2.19. The molecule has 7 nitrogen and oxygen atoms in total. The van der Waals surface area contributed by atoms with Crippen LogP contribution >= 0.6 is 0 Å². The Hall–Kier alpha value is -2.31. The molecule has 0 radical (unpaired) electrons. The van der Waals surface area contributed by atoms with E-state index in [9.17, 15) is 4.79 Å². The first-order chi connectivity index (χ1) is 8.54. The van der Waals surface area contributed by atoms with E-state index in [2.05, 4.69) is 10.1 Å². The lowest BCUT2D eigenvalue weighted by molar-refractivity contribution is 0.0991. The zero-order chi connectivity index (χ0) is 13.3. The number of nitrogens with two attached hydrogens (primary N) is 2. The molecule has 0 spiro atoms. The number of nitrogen functional groups attached to an aromatic ring is 1. The van der Waals surface area contributed by atoms with Gasteiger partial charge < -0.3 is 16.0 Å². The maximum atomic E-state index is 11.4. The number of anilines is 1. The van der Waals surface area contributed by atoms with Gasteiger partial charge in [-0.15, -0.1) is 0 Å². The average Bonchev–Trinajstić information content (AvgIpc) is 2.84. The standard InChI is InChI=1S/C11H16N6O/c1-3-7-9(12)10(11(13)18)17(15-7)6-8-14-4-5-16(8)2/h4-5H,3,6,12H2,1-2H3,(H2,13,18). The molecule has 2 heterocycles. The zero-order valence-corrected chi connectivity index (χ0v) is 10.4. The summed E-state index contributed by atoms with van der Waals surface area (Å²) in [5, 5.41) is 4.30. The van der Waals surface area contributed by atoms with Crippen LogP contribution < -0.4 is 11.5 Å². The second kappa shape index (κ2) is 4.52. The minimum absolute atomic E-state index is 0.245. The minimum Gasteiger partial charge on any atom is -0.395 e. The summed E-state index contributed by atoms with van der Waals surface area (Å²) >= 11 is 0. The summed E-state index contributed by atoms with van der Waals surface area (Å²) in [6, 6.07) is 0. The fourth-order valence-electron chi connectivity index (χ4n) is 1.84. The fraction of sp³-hybridized carbons (Fsp3) is 0.364. The molecule has 0 aliphatic rings. The summed E-state index contributed by atoms with van der Waals surface area (Å²) in [6.07, 6.45) is 4.17. The first-order valence-electron chi connectivity index (χ1n) is 5.65. The van der Waals surface area contributed by atoms with Crippen molar-refractivity contribution >= 4 is 11.6 Å². The summed E-state index contributed by atoms with van der Waals surface area (Å²) in [6.45, 7) is 2.29. The highest BCUT2D eigenvalue weighted by molar-refractivity contribution is 5.96. The van der Waals surface area contributed by atoms with Crippen LogP contribution in [-0.4, -0.2) is 25.2 Å². The van der Waals surface area contributed by atoms with Crippen molar-refractivity contribution in [3.8, 4) is 0 Å². The highest BCUT2D eigenvalue weighted by Crippen LogP contribution is 2.18.